The van der Waals surface area contributed by atoms with Gasteiger partial charge in [-0.25, -0.2) is 4.98 Å². The molecule has 32 heavy (non-hydrogen) atoms. The molecule has 0 fully saturated rings. The lowest BCUT2D eigenvalue weighted by Crippen LogP contribution is -2.29. The van der Waals surface area contributed by atoms with Gasteiger partial charge in [0.2, 0.25) is 0 Å². The fourth-order valence-electron chi connectivity index (χ4n) is 3.74. The maximum Gasteiger partial charge on any atom is 0.251 e. The topological polar surface area (TPSA) is 56.1 Å². The third-order valence-corrected chi connectivity index (χ3v) is 5.66. The number of rotatable bonds is 7. The van der Waals surface area contributed by atoms with Crippen molar-refractivity contribution >= 4 is 28.5 Å². The summed E-state index contributed by atoms with van der Waals surface area (Å²) in [7, 11) is 0. The molecule has 6 heteroatoms. The van der Waals surface area contributed by atoms with E-state index in [9.17, 15) is 4.79 Å². The number of imidazole rings is 1. The highest BCUT2D eigenvalue weighted by atomic mass is 35.5. The highest BCUT2D eigenvalue weighted by molar-refractivity contribution is 6.30. The molecule has 0 aliphatic rings. The van der Waals surface area contributed by atoms with Crippen LogP contribution in [0.1, 0.15) is 40.3 Å². The van der Waals surface area contributed by atoms with E-state index in [0.29, 0.717) is 23.7 Å². The Bertz CT molecular complexity index is 1270. The maximum atomic E-state index is 12.7. The van der Waals surface area contributed by atoms with Crippen LogP contribution in [0, 0.1) is 13.8 Å². The predicted octanol–water partition coefficient (Wildman–Crippen LogP) is 5.88. The Balaban J connectivity index is 1.55. The molecule has 0 aliphatic heterocycles. The van der Waals surface area contributed by atoms with Gasteiger partial charge in [0.1, 0.15) is 18.2 Å². The number of nitrogens with zero attached hydrogens (tertiary/aromatic N) is 2. The molecule has 0 saturated carbocycles. The van der Waals surface area contributed by atoms with Gasteiger partial charge in [-0.2, -0.15) is 0 Å². The number of nitrogens with one attached hydrogen (secondary N) is 1. The number of benzene rings is 3. The van der Waals surface area contributed by atoms with Gasteiger partial charge in [-0.1, -0.05) is 41.9 Å². The van der Waals surface area contributed by atoms with Gasteiger partial charge in [0.05, 0.1) is 23.6 Å². The minimum atomic E-state index is -0.297. The van der Waals surface area contributed by atoms with Crippen LogP contribution in [0.4, 0.5) is 0 Å². The van der Waals surface area contributed by atoms with Crippen LogP contribution in [-0.4, -0.2) is 22.1 Å². The largest absolute Gasteiger partial charge is 0.491 e. The SMILES string of the molecule is Cc1ccc(C)c(OCCn2c(C(C)NC(=O)c3cccc(Cl)c3)nc3ccccc32)c1. The molecule has 0 radical (unpaired) electrons. The summed E-state index contributed by atoms with van der Waals surface area (Å²) in [5.41, 5.74) is 4.68. The lowest BCUT2D eigenvalue weighted by Gasteiger charge is -2.17. The molecule has 4 rings (SSSR count). The second-order valence-electron chi connectivity index (χ2n) is 7.93. The number of fused-ring (bicyclic) bond motifs is 1. The summed E-state index contributed by atoms with van der Waals surface area (Å²) < 4.78 is 8.20. The number of para-hydroxylation sites is 2. The monoisotopic (exact) mass is 447 g/mol. The van der Waals surface area contributed by atoms with Crippen LogP contribution in [0.3, 0.4) is 0 Å². The molecule has 1 N–H and O–H groups in total. The van der Waals surface area contributed by atoms with Crippen molar-refractivity contribution in [2.45, 2.75) is 33.4 Å². The Morgan fingerprint density at radius 1 is 1.09 bits per heavy atom. The smallest absolute Gasteiger partial charge is 0.251 e. The molecule has 5 nitrogen and oxygen atoms in total. The van der Waals surface area contributed by atoms with E-state index in [1.165, 1.54) is 0 Å². The van der Waals surface area contributed by atoms with E-state index in [4.69, 9.17) is 21.3 Å². The molecule has 0 spiro atoms. The molecule has 0 aliphatic carbocycles. The number of halogens is 1. The summed E-state index contributed by atoms with van der Waals surface area (Å²) in [5, 5.41) is 3.57. The molecule has 1 heterocycles. The molecule has 0 saturated heterocycles. The normalized spacial score (nSPS) is 12.0. The second-order valence-corrected chi connectivity index (χ2v) is 8.37. The third kappa shape index (κ3) is 4.78. The van der Waals surface area contributed by atoms with Gasteiger partial charge in [-0.05, 0) is 68.3 Å². The number of ether oxygens (including phenoxy) is 1. The van der Waals surface area contributed by atoms with Crippen molar-refractivity contribution in [3.8, 4) is 5.75 Å². The first kappa shape index (κ1) is 21.9. The Labute approximate surface area is 193 Å². The van der Waals surface area contributed by atoms with Crippen LogP contribution in [0.25, 0.3) is 11.0 Å². The lowest BCUT2D eigenvalue weighted by atomic mass is 10.1. The Hall–Kier alpha value is -3.31. The Kier molecular flexibility index (Phi) is 6.47. The van der Waals surface area contributed by atoms with Gasteiger partial charge < -0.3 is 14.6 Å². The molecule has 164 valence electrons. The predicted molar refractivity (Wildman–Crippen MR) is 128 cm³/mol. The zero-order valence-electron chi connectivity index (χ0n) is 18.4. The van der Waals surface area contributed by atoms with Crippen molar-refractivity contribution in [1.29, 1.82) is 0 Å². The fourth-order valence-corrected chi connectivity index (χ4v) is 3.93. The van der Waals surface area contributed by atoms with Crippen LogP contribution in [0.5, 0.6) is 5.75 Å². The molecule has 0 bridgehead atoms. The Morgan fingerprint density at radius 2 is 1.91 bits per heavy atom. The van der Waals surface area contributed by atoms with E-state index in [0.717, 1.165) is 33.7 Å². The number of carbonyl (C=O) groups excluding carboxylic acids is 1. The van der Waals surface area contributed by atoms with E-state index in [-0.39, 0.29) is 11.9 Å². The summed E-state index contributed by atoms with van der Waals surface area (Å²) in [6.07, 6.45) is 0. The van der Waals surface area contributed by atoms with E-state index >= 15 is 0 Å². The minimum absolute atomic E-state index is 0.190. The first-order chi connectivity index (χ1) is 15.4. The fraction of sp³-hybridized carbons (Fsp3) is 0.231. The summed E-state index contributed by atoms with van der Waals surface area (Å²) >= 11 is 6.04. The van der Waals surface area contributed by atoms with Crippen molar-refractivity contribution in [2.75, 3.05) is 6.61 Å². The van der Waals surface area contributed by atoms with E-state index in [2.05, 4.69) is 35.0 Å². The van der Waals surface area contributed by atoms with Gasteiger partial charge in [-0.15, -0.1) is 0 Å². The molecule has 1 aromatic heterocycles. The number of aromatic nitrogens is 2. The molecular formula is C26H26ClN3O2. The summed E-state index contributed by atoms with van der Waals surface area (Å²) in [6.45, 7) is 7.14. The quantitative estimate of drug-likeness (QED) is 0.385. The average Bonchev–Trinajstić information content (AvgIpc) is 3.15. The molecule has 3 aromatic carbocycles. The van der Waals surface area contributed by atoms with Crippen molar-refractivity contribution < 1.29 is 9.53 Å². The van der Waals surface area contributed by atoms with Crippen molar-refractivity contribution in [1.82, 2.24) is 14.9 Å². The summed E-state index contributed by atoms with van der Waals surface area (Å²) in [4.78, 5) is 17.5. The van der Waals surface area contributed by atoms with E-state index in [1.54, 1.807) is 24.3 Å². The molecule has 4 aromatic rings. The van der Waals surface area contributed by atoms with Crippen LogP contribution in [0.15, 0.2) is 66.7 Å². The number of hydrogen-bond acceptors (Lipinski definition) is 3. The zero-order chi connectivity index (χ0) is 22.7. The van der Waals surface area contributed by atoms with Crippen LogP contribution in [-0.2, 0) is 6.54 Å². The number of aryl methyl sites for hydroxylation is 2. The van der Waals surface area contributed by atoms with Gasteiger partial charge >= 0.3 is 0 Å². The van der Waals surface area contributed by atoms with Gasteiger partial charge in [0, 0.05) is 10.6 Å². The first-order valence-corrected chi connectivity index (χ1v) is 11.0. The van der Waals surface area contributed by atoms with E-state index < -0.39 is 0 Å². The van der Waals surface area contributed by atoms with Crippen LogP contribution in [0.2, 0.25) is 5.02 Å². The van der Waals surface area contributed by atoms with Crippen molar-refractivity contribution in [2.24, 2.45) is 0 Å². The standard InChI is InChI=1S/C26H26ClN3O2/c1-17-11-12-18(2)24(15-17)32-14-13-30-23-10-5-4-9-22(23)29-25(30)19(3)28-26(31)20-7-6-8-21(27)16-20/h4-12,15-16,19H,13-14H2,1-3H3,(H,28,31). The first-order valence-electron chi connectivity index (χ1n) is 10.6. The highest BCUT2D eigenvalue weighted by Crippen LogP contribution is 2.23. The van der Waals surface area contributed by atoms with Crippen molar-refractivity contribution in [3.05, 3.63) is 94.3 Å². The molecule has 1 unspecified atom stereocenters. The zero-order valence-corrected chi connectivity index (χ0v) is 19.2. The number of carbonyl (C=O) groups is 1. The molecule has 1 atom stereocenters. The maximum absolute atomic E-state index is 12.7. The number of amides is 1. The van der Waals surface area contributed by atoms with Crippen molar-refractivity contribution in [3.63, 3.8) is 0 Å². The lowest BCUT2D eigenvalue weighted by molar-refractivity contribution is 0.0937. The van der Waals surface area contributed by atoms with Gasteiger partial charge in [0.15, 0.2) is 0 Å². The van der Waals surface area contributed by atoms with Crippen LogP contribution < -0.4 is 10.1 Å². The molecular weight excluding hydrogens is 422 g/mol. The minimum Gasteiger partial charge on any atom is -0.491 e. The highest BCUT2D eigenvalue weighted by Gasteiger charge is 2.19. The molecule has 1 amide bonds. The van der Waals surface area contributed by atoms with Gasteiger partial charge in [-0.3, -0.25) is 4.79 Å². The van der Waals surface area contributed by atoms with E-state index in [1.807, 2.05) is 38.1 Å². The Morgan fingerprint density at radius 3 is 2.72 bits per heavy atom. The second kappa shape index (κ2) is 9.45. The summed E-state index contributed by atoms with van der Waals surface area (Å²) in [5.74, 6) is 1.48. The third-order valence-electron chi connectivity index (χ3n) is 5.42. The summed E-state index contributed by atoms with van der Waals surface area (Å²) in [6, 6.07) is 20.8. The number of hydrogen-bond donors (Lipinski definition) is 1. The van der Waals surface area contributed by atoms with Crippen LogP contribution >= 0.6 is 11.6 Å². The average molecular weight is 448 g/mol. The van der Waals surface area contributed by atoms with Gasteiger partial charge in [0.25, 0.3) is 5.91 Å².